The quantitative estimate of drug-likeness (QED) is 0.852. The summed E-state index contributed by atoms with van der Waals surface area (Å²) in [6, 6.07) is 5.03. The third kappa shape index (κ3) is 2.40. The van der Waals surface area contributed by atoms with E-state index >= 15 is 0 Å². The van der Waals surface area contributed by atoms with E-state index in [4.69, 9.17) is 0 Å². The number of rotatable bonds is 2. The van der Waals surface area contributed by atoms with Crippen LogP contribution in [0, 0.1) is 11.6 Å². The first-order valence-corrected chi connectivity index (χ1v) is 7.18. The van der Waals surface area contributed by atoms with E-state index in [-0.39, 0.29) is 17.5 Å². The van der Waals surface area contributed by atoms with Gasteiger partial charge in [-0.2, -0.15) is 0 Å². The van der Waals surface area contributed by atoms with Gasteiger partial charge in [-0.25, -0.2) is 8.78 Å². The molecule has 2 aromatic rings. The van der Waals surface area contributed by atoms with Gasteiger partial charge in [0, 0.05) is 42.9 Å². The summed E-state index contributed by atoms with van der Waals surface area (Å²) in [5.41, 5.74) is 2.03. The molecule has 1 aliphatic heterocycles. The summed E-state index contributed by atoms with van der Waals surface area (Å²) in [6.45, 7) is 5.11. The molecular formula is C17H18F2N2O. The van der Waals surface area contributed by atoms with Gasteiger partial charge >= 0.3 is 0 Å². The number of pyridine rings is 1. The lowest BCUT2D eigenvalue weighted by atomic mass is 9.87. The molecule has 0 unspecified atom stereocenters. The predicted octanol–water partition coefficient (Wildman–Crippen LogP) is 2.90. The molecule has 0 N–H and O–H groups in total. The van der Waals surface area contributed by atoms with Gasteiger partial charge in [0.15, 0.2) is 0 Å². The molecule has 1 aromatic heterocycles. The van der Waals surface area contributed by atoms with Crippen LogP contribution in [0.25, 0.3) is 0 Å². The van der Waals surface area contributed by atoms with Crippen LogP contribution in [0.2, 0.25) is 0 Å². The largest absolute Gasteiger partial charge is 0.372 e. The number of likely N-dealkylation sites (N-methyl/N-ethyl adjacent to an activating group) is 1. The predicted molar refractivity (Wildman–Crippen MR) is 82.5 cm³/mol. The number of hydrogen-bond acceptors (Lipinski definition) is 2. The Kier molecular flexibility index (Phi) is 3.31. The molecule has 22 heavy (non-hydrogen) atoms. The summed E-state index contributed by atoms with van der Waals surface area (Å²) < 4.78 is 28.2. The van der Waals surface area contributed by atoms with Gasteiger partial charge in [0.25, 0.3) is 5.56 Å². The molecule has 0 bridgehead atoms. The molecule has 2 heterocycles. The molecule has 3 nitrogen and oxygen atoms in total. The van der Waals surface area contributed by atoms with Crippen molar-refractivity contribution in [1.82, 2.24) is 4.57 Å². The molecule has 0 saturated carbocycles. The number of fused-ring (bicyclic) bond motifs is 1. The fourth-order valence-electron chi connectivity index (χ4n) is 3.13. The lowest BCUT2D eigenvalue weighted by molar-refractivity contribution is 0.559. The highest BCUT2D eigenvalue weighted by molar-refractivity contribution is 5.60. The highest BCUT2D eigenvalue weighted by Gasteiger charge is 2.34. The average Bonchev–Trinajstić information content (AvgIpc) is 2.63. The Bertz CT molecular complexity index is 796. The lowest BCUT2D eigenvalue weighted by Gasteiger charge is -2.18. The van der Waals surface area contributed by atoms with Gasteiger partial charge in [-0.15, -0.1) is 0 Å². The van der Waals surface area contributed by atoms with Crippen LogP contribution in [0.5, 0.6) is 0 Å². The maximum Gasteiger partial charge on any atom is 0.251 e. The van der Waals surface area contributed by atoms with Crippen molar-refractivity contribution in [2.75, 3.05) is 18.5 Å². The standard InChI is InChI=1S/C17H18F2N2O/c1-17(2)10-20(3)15-9-21(16(22)7-13(15)17)8-11-4-5-12(18)6-14(11)19/h4-7,9H,8,10H2,1-3H3. The maximum absolute atomic E-state index is 13.8. The molecule has 0 fully saturated rings. The molecule has 0 saturated heterocycles. The van der Waals surface area contributed by atoms with Crippen LogP contribution >= 0.6 is 0 Å². The zero-order valence-corrected chi connectivity index (χ0v) is 12.9. The molecular weight excluding hydrogens is 286 g/mol. The highest BCUT2D eigenvalue weighted by Crippen LogP contribution is 2.38. The van der Waals surface area contributed by atoms with Crippen LogP contribution < -0.4 is 10.5 Å². The first kappa shape index (κ1) is 14.8. The Morgan fingerprint density at radius 2 is 1.95 bits per heavy atom. The molecule has 3 rings (SSSR count). The van der Waals surface area contributed by atoms with Gasteiger partial charge in [-0.1, -0.05) is 19.9 Å². The fraction of sp³-hybridized carbons (Fsp3) is 0.353. The first-order valence-electron chi connectivity index (χ1n) is 7.18. The van der Waals surface area contributed by atoms with Gasteiger partial charge in [0.05, 0.1) is 12.2 Å². The normalized spacial score (nSPS) is 16.0. The summed E-state index contributed by atoms with van der Waals surface area (Å²) in [6.07, 6.45) is 1.76. The van der Waals surface area contributed by atoms with Crippen molar-refractivity contribution in [3.8, 4) is 0 Å². The second-order valence-electron chi connectivity index (χ2n) is 6.51. The Morgan fingerprint density at radius 3 is 2.64 bits per heavy atom. The maximum atomic E-state index is 13.8. The number of nitrogens with zero attached hydrogens (tertiary/aromatic N) is 2. The number of aromatic nitrogens is 1. The molecule has 116 valence electrons. The van der Waals surface area contributed by atoms with Crippen molar-refractivity contribution in [2.24, 2.45) is 0 Å². The van der Waals surface area contributed by atoms with E-state index in [2.05, 4.69) is 18.7 Å². The van der Waals surface area contributed by atoms with Crippen molar-refractivity contribution >= 4 is 5.69 Å². The number of benzene rings is 1. The van der Waals surface area contributed by atoms with Crippen LogP contribution in [0.4, 0.5) is 14.5 Å². The number of anilines is 1. The minimum Gasteiger partial charge on any atom is -0.372 e. The second kappa shape index (κ2) is 4.93. The summed E-state index contributed by atoms with van der Waals surface area (Å²) in [5, 5.41) is 0. The van der Waals surface area contributed by atoms with Crippen LogP contribution in [-0.2, 0) is 12.0 Å². The van der Waals surface area contributed by atoms with Crippen LogP contribution in [0.3, 0.4) is 0 Å². The highest BCUT2D eigenvalue weighted by atomic mass is 19.1. The smallest absolute Gasteiger partial charge is 0.251 e. The Morgan fingerprint density at radius 1 is 1.23 bits per heavy atom. The van der Waals surface area contributed by atoms with Crippen molar-refractivity contribution in [3.05, 3.63) is 63.6 Å². The zero-order chi connectivity index (χ0) is 16.1. The summed E-state index contributed by atoms with van der Waals surface area (Å²) in [4.78, 5) is 14.4. The zero-order valence-electron chi connectivity index (χ0n) is 12.9. The van der Waals surface area contributed by atoms with Gasteiger partial charge in [-0.3, -0.25) is 4.79 Å². The molecule has 0 spiro atoms. The van der Waals surface area contributed by atoms with Crippen molar-refractivity contribution in [3.63, 3.8) is 0 Å². The van der Waals surface area contributed by atoms with E-state index in [1.54, 1.807) is 12.3 Å². The van der Waals surface area contributed by atoms with Crippen LogP contribution in [-0.4, -0.2) is 18.2 Å². The Labute approximate surface area is 127 Å². The molecule has 1 aliphatic rings. The third-order valence-corrected chi connectivity index (χ3v) is 4.23. The van der Waals surface area contributed by atoms with E-state index in [0.29, 0.717) is 5.56 Å². The minimum atomic E-state index is -0.638. The van der Waals surface area contributed by atoms with E-state index in [0.717, 1.165) is 23.9 Å². The fourth-order valence-corrected chi connectivity index (χ4v) is 3.13. The van der Waals surface area contributed by atoms with Crippen molar-refractivity contribution < 1.29 is 8.78 Å². The Balaban J connectivity index is 2.03. The molecule has 1 aromatic carbocycles. The second-order valence-corrected chi connectivity index (χ2v) is 6.51. The summed E-state index contributed by atoms with van der Waals surface area (Å²) in [7, 11) is 1.97. The topological polar surface area (TPSA) is 25.2 Å². The Hall–Kier alpha value is -2.17. The van der Waals surface area contributed by atoms with E-state index in [1.165, 1.54) is 16.7 Å². The molecule has 0 radical (unpaired) electrons. The van der Waals surface area contributed by atoms with Crippen LogP contribution in [0.1, 0.15) is 25.0 Å². The minimum absolute atomic E-state index is 0.0799. The average molecular weight is 304 g/mol. The summed E-state index contributed by atoms with van der Waals surface area (Å²) >= 11 is 0. The third-order valence-electron chi connectivity index (χ3n) is 4.23. The SMILES string of the molecule is CN1CC(C)(C)c2cc(=O)n(Cc3ccc(F)cc3F)cc21. The molecule has 0 aliphatic carbocycles. The van der Waals surface area contributed by atoms with E-state index < -0.39 is 11.6 Å². The van der Waals surface area contributed by atoms with Crippen molar-refractivity contribution in [1.29, 1.82) is 0 Å². The van der Waals surface area contributed by atoms with Gasteiger partial charge in [0.2, 0.25) is 0 Å². The molecule has 0 atom stereocenters. The van der Waals surface area contributed by atoms with Crippen molar-refractivity contribution in [2.45, 2.75) is 25.8 Å². The molecule has 5 heteroatoms. The lowest BCUT2D eigenvalue weighted by Crippen LogP contribution is -2.25. The van der Waals surface area contributed by atoms with E-state index in [1.807, 2.05) is 7.05 Å². The first-order chi connectivity index (χ1) is 10.3. The van der Waals surface area contributed by atoms with Crippen LogP contribution in [0.15, 0.2) is 35.3 Å². The van der Waals surface area contributed by atoms with E-state index in [9.17, 15) is 13.6 Å². The number of halogens is 2. The van der Waals surface area contributed by atoms with Gasteiger partial charge < -0.3 is 9.47 Å². The number of hydrogen-bond donors (Lipinski definition) is 0. The summed E-state index contributed by atoms with van der Waals surface area (Å²) in [5.74, 6) is -1.26. The van der Waals surface area contributed by atoms with Gasteiger partial charge in [0.1, 0.15) is 11.6 Å². The van der Waals surface area contributed by atoms with Gasteiger partial charge in [-0.05, 0) is 11.6 Å². The monoisotopic (exact) mass is 304 g/mol. The molecule has 0 amide bonds.